The zero-order valence-electron chi connectivity index (χ0n) is 19.8. The second kappa shape index (κ2) is 8.17. The maximum absolute atomic E-state index is 12.7. The number of aromatic nitrogens is 1. The zero-order valence-corrected chi connectivity index (χ0v) is 20.7. The Labute approximate surface area is 191 Å². The van der Waals surface area contributed by atoms with Crippen LogP contribution in [0.2, 0.25) is 0 Å². The van der Waals surface area contributed by atoms with Crippen LogP contribution in [0, 0.1) is 5.92 Å². The summed E-state index contributed by atoms with van der Waals surface area (Å²) in [6.07, 6.45) is 4.15. The molecule has 1 saturated carbocycles. The quantitative estimate of drug-likeness (QED) is 0.711. The van der Waals surface area contributed by atoms with Crippen molar-refractivity contribution in [1.82, 2.24) is 9.88 Å². The molecular formula is C23H36N4O4S. The summed E-state index contributed by atoms with van der Waals surface area (Å²) in [5, 5.41) is 0. The van der Waals surface area contributed by atoms with Crippen molar-refractivity contribution in [3.8, 4) is 0 Å². The summed E-state index contributed by atoms with van der Waals surface area (Å²) in [6, 6.07) is -0.0978. The van der Waals surface area contributed by atoms with Crippen molar-refractivity contribution in [3.05, 3.63) is 16.8 Å². The molecule has 9 heteroatoms. The predicted molar refractivity (Wildman–Crippen MR) is 125 cm³/mol. The van der Waals surface area contributed by atoms with Crippen molar-refractivity contribution >= 4 is 27.2 Å². The molecule has 178 valence electrons. The van der Waals surface area contributed by atoms with Gasteiger partial charge in [0.2, 0.25) is 5.91 Å². The van der Waals surface area contributed by atoms with E-state index < -0.39 is 15.6 Å². The van der Waals surface area contributed by atoms with Crippen LogP contribution in [0.3, 0.4) is 0 Å². The highest BCUT2D eigenvalue weighted by atomic mass is 32.2. The number of nitrogens with zero attached hydrogens (tertiary/aromatic N) is 3. The molecule has 2 aliphatic heterocycles. The molecule has 3 heterocycles. The number of carbonyl (C=O) groups excluding carboxylic acids is 1. The molecule has 2 N–H and O–H groups in total. The number of carbonyl (C=O) groups is 1. The Morgan fingerprint density at radius 3 is 2.53 bits per heavy atom. The topological polar surface area (TPSA) is 106 Å². The summed E-state index contributed by atoms with van der Waals surface area (Å²) < 4.78 is 29.5. The fraction of sp³-hybridized carbons (Fsp3) is 0.739. The van der Waals surface area contributed by atoms with Gasteiger partial charge < -0.3 is 20.3 Å². The first-order chi connectivity index (χ1) is 14.9. The first-order valence-corrected chi connectivity index (χ1v) is 13.6. The number of hydrogen-bond acceptors (Lipinski definition) is 7. The number of piperazine rings is 1. The molecule has 2 fully saturated rings. The molecule has 0 radical (unpaired) electrons. The van der Waals surface area contributed by atoms with Gasteiger partial charge in [-0.1, -0.05) is 13.8 Å². The van der Waals surface area contributed by atoms with Gasteiger partial charge >= 0.3 is 0 Å². The van der Waals surface area contributed by atoms with Crippen LogP contribution in [0.15, 0.2) is 0 Å². The van der Waals surface area contributed by atoms with Gasteiger partial charge in [-0.05, 0) is 38.2 Å². The fourth-order valence-electron chi connectivity index (χ4n) is 4.93. The SMILES string of the molecule is CC(C)[C@@H]1CN(c2nc(C3CC3)c3c(c2N)CC(C)(C)OC3)CCN1C(=O)CS(C)(=O)=O. The Balaban J connectivity index is 1.66. The van der Waals surface area contributed by atoms with Gasteiger partial charge in [-0.3, -0.25) is 4.79 Å². The summed E-state index contributed by atoms with van der Waals surface area (Å²) in [6.45, 7) is 10.5. The van der Waals surface area contributed by atoms with E-state index in [2.05, 4.69) is 32.6 Å². The molecule has 0 aromatic carbocycles. The highest BCUT2D eigenvalue weighted by Gasteiger charge is 2.39. The molecule has 8 nitrogen and oxygen atoms in total. The molecule has 0 spiro atoms. The molecule has 4 rings (SSSR count). The Bertz CT molecular complexity index is 1020. The lowest BCUT2D eigenvalue weighted by Gasteiger charge is -2.44. The van der Waals surface area contributed by atoms with Crippen molar-refractivity contribution in [2.75, 3.05) is 42.3 Å². The van der Waals surface area contributed by atoms with Gasteiger partial charge in [-0.15, -0.1) is 0 Å². The van der Waals surface area contributed by atoms with Crippen molar-refractivity contribution in [2.24, 2.45) is 5.92 Å². The lowest BCUT2D eigenvalue weighted by atomic mass is 9.89. The van der Waals surface area contributed by atoms with Crippen molar-refractivity contribution < 1.29 is 17.9 Å². The minimum atomic E-state index is -3.37. The standard InChI is InChI=1S/C23H36N4O4S/c1-14(2)18-11-26(8-9-27(18)19(28)13-32(5,29)30)22-20(24)16-10-23(3,4)31-12-17(16)21(25-22)15-6-7-15/h14-15,18H,6-13,24H2,1-5H3/t18-/m0/s1. The number of pyridine rings is 1. The first-order valence-electron chi connectivity index (χ1n) is 11.5. The normalized spacial score (nSPS) is 23.4. The van der Waals surface area contributed by atoms with Crippen molar-refractivity contribution in [3.63, 3.8) is 0 Å². The number of nitrogens with two attached hydrogens (primary N) is 1. The second-order valence-corrected chi connectivity index (χ2v) is 12.7. The van der Waals surface area contributed by atoms with Crippen LogP contribution in [0.5, 0.6) is 0 Å². The van der Waals surface area contributed by atoms with Crippen LogP contribution in [0.4, 0.5) is 11.5 Å². The molecule has 3 aliphatic rings. The maximum Gasteiger partial charge on any atom is 0.238 e. The summed E-state index contributed by atoms with van der Waals surface area (Å²) in [7, 11) is -3.37. The van der Waals surface area contributed by atoms with Crippen LogP contribution < -0.4 is 10.6 Å². The van der Waals surface area contributed by atoms with E-state index in [1.807, 2.05) is 0 Å². The van der Waals surface area contributed by atoms with Gasteiger partial charge in [0, 0.05) is 43.8 Å². The minimum Gasteiger partial charge on any atom is -0.395 e. The molecule has 1 amide bonds. The van der Waals surface area contributed by atoms with Gasteiger partial charge in [-0.2, -0.15) is 0 Å². The van der Waals surface area contributed by atoms with Crippen LogP contribution in [-0.4, -0.2) is 67.5 Å². The van der Waals surface area contributed by atoms with E-state index >= 15 is 0 Å². The number of sulfone groups is 1. The maximum atomic E-state index is 12.7. The highest BCUT2D eigenvalue weighted by Crippen LogP contribution is 2.46. The summed E-state index contributed by atoms with van der Waals surface area (Å²) >= 11 is 0. The number of hydrogen-bond donors (Lipinski definition) is 1. The second-order valence-electron chi connectivity index (χ2n) is 10.6. The Hall–Kier alpha value is -1.87. The van der Waals surface area contributed by atoms with Gasteiger partial charge in [0.25, 0.3) is 0 Å². The average Bonchev–Trinajstić information content (AvgIpc) is 3.51. The highest BCUT2D eigenvalue weighted by molar-refractivity contribution is 7.91. The molecule has 1 aromatic rings. The molecule has 0 unspecified atom stereocenters. The average molecular weight is 465 g/mol. The lowest BCUT2D eigenvalue weighted by molar-refractivity contribution is -0.132. The van der Waals surface area contributed by atoms with E-state index in [0.29, 0.717) is 32.2 Å². The molecule has 32 heavy (non-hydrogen) atoms. The minimum absolute atomic E-state index is 0.0978. The van der Waals surface area contributed by atoms with Crippen LogP contribution in [0.1, 0.15) is 63.3 Å². The third kappa shape index (κ3) is 4.73. The third-order valence-electron chi connectivity index (χ3n) is 6.83. The summed E-state index contributed by atoms with van der Waals surface area (Å²) in [4.78, 5) is 21.7. The van der Waals surface area contributed by atoms with Crippen LogP contribution >= 0.6 is 0 Å². The van der Waals surface area contributed by atoms with Gasteiger partial charge in [0.15, 0.2) is 15.7 Å². The number of ether oxygens (including phenoxy) is 1. The molecule has 0 bridgehead atoms. The van der Waals surface area contributed by atoms with Crippen LogP contribution in [0.25, 0.3) is 0 Å². The predicted octanol–water partition coefficient (Wildman–Crippen LogP) is 2.11. The first kappa shape index (κ1) is 23.3. The van der Waals surface area contributed by atoms with E-state index in [0.717, 1.165) is 53.8 Å². The Morgan fingerprint density at radius 2 is 1.94 bits per heavy atom. The van der Waals surface area contributed by atoms with Crippen LogP contribution in [-0.2, 0) is 32.4 Å². The molecule has 1 atom stereocenters. The molecule has 1 aliphatic carbocycles. The van der Waals surface area contributed by atoms with E-state index in [-0.39, 0.29) is 23.5 Å². The van der Waals surface area contributed by atoms with Crippen molar-refractivity contribution in [2.45, 2.75) is 71.1 Å². The molecule has 1 saturated heterocycles. The van der Waals surface area contributed by atoms with E-state index in [4.69, 9.17) is 15.5 Å². The number of rotatable bonds is 5. The number of nitrogen functional groups attached to an aromatic ring is 1. The molecular weight excluding hydrogens is 428 g/mol. The third-order valence-corrected chi connectivity index (χ3v) is 7.60. The largest absolute Gasteiger partial charge is 0.395 e. The Morgan fingerprint density at radius 1 is 1.25 bits per heavy atom. The van der Waals surface area contributed by atoms with Gasteiger partial charge in [0.1, 0.15) is 5.75 Å². The van der Waals surface area contributed by atoms with E-state index in [1.54, 1.807) is 4.90 Å². The Kier molecular flexibility index (Phi) is 5.94. The van der Waals surface area contributed by atoms with Gasteiger partial charge in [0.05, 0.1) is 29.6 Å². The fourth-order valence-corrected chi connectivity index (χ4v) is 5.54. The van der Waals surface area contributed by atoms with E-state index in [9.17, 15) is 13.2 Å². The zero-order chi connectivity index (χ0) is 23.4. The van der Waals surface area contributed by atoms with E-state index in [1.165, 1.54) is 0 Å². The number of amides is 1. The monoisotopic (exact) mass is 464 g/mol. The van der Waals surface area contributed by atoms with Crippen molar-refractivity contribution in [1.29, 1.82) is 0 Å². The molecule has 1 aromatic heterocycles. The lowest BCUT2D eigenvalue weighted by Crippen LogP contribution is -2.58. The smallest absolute Gasteiger partial charge is 0.238 e. The number of fused-ring (bicyclic) bond motifs is 1. The summed E-state index contributed by atoms with van der Waals surface area (Å²) in [5.41, 5.74) is 10.6. The number of anilines is 2. The summed E-state index contributed by atoms with van der Waals surface area (Å²) in [5.74, 6) is 0.692. The van der Waals surface area contributed by atoms with Gasteiger partial charge in [-0.25, -0.2) is 13.4 Å².